The van der Waals surface area contributed by atoms with Gasteiger partial charge in [-0.3, -0.25) is 0 Å². The van der Waals surface area contributed by atoms with Crippen molar-refractivity contribution in [2.45, 2.75) is 89.1 Å². The molecule has 0 aliphatic heterocycles. The second kappa shape index (κ2) is 12.2. The van der Waals surface area contributed by atoms with Gasteiger partial charge in [-0.25, -0.2) is 0 Å². The van der Waals surface area contributed by atoms with Crippen LogP contribution in [-0.4, -0.2) is 16.0 Å². The zero-order chi connectivity index (χ0) is 34.7. The third-order valence-corrected chi connectivity index (χ3v) is 13.8. The highest BCUT2D eigenvalue weighted by Gasteiger charge is 2.45. The predicted molar refractivity (Wildman–Crippen MR) is 156 cm³/mol. The van der Waals surface area contributed by atoms with Gasteiger partial charge in [0.15, 0.2) is 0 Å². The summed E-state index contributed by atoms with van der Waals surface area (Å²) in [5, 5.41) is -1.81. The van der Waals surface area contributed by atoms with E-state index in [0.29, 0.717) is 24.3 Å². The van der Waals surface area contributed by atoms with E-state index in [1.165, 1.54) is 12.2 Å². The second-order valence-electron chi connectivity index (χ2n) is 12.8. The van der Waals surface area contributed by atoms with Crippen LogP contribution in [0, 0.1) is 5.92 Å². The molecule has 250 valence electrons. The smallest absolute Gasteiger partial charge is 0.166 e. The number of allylic oxidation sites excluding steroid dienone is 4. The zero-order valence-corrected chi connectivity index (χ0v) is 27.1. The average molecular weight is 695 g/mol. The van der Waals surface area contributed by atoms with Crippen molar-refractivity contribution in [3.63, 3.8) is 0 Å². The van der Waals surface area contributed by atoms with E-state index in [1.807, 2.05) is 48.5 Å². The van der Waals surface area contributed by atoms with E-state index in [0.717, 1.165) is 0 Å². The van der Waals surface area contributed by atoms with E-state index in [9.17, 15) is 52.7 Å². The summed E-state index contributed by atoms with van der Waals surface area (Å²) >= 11 is 0. The van der Waals surface area contributed by atoms with E-state index in [4.69, 9.17) is 0 Å². The van der Waals surface area contributed by atoms with Crippen LogP contribution in [-0.2, 0) is 24.7 Å². The normalized spacial score (nSPS) is 17.8. The van der Waals surface area contributed by atoms with Crippen molar-refractivity contribution in [2.75, 3.05) is 0 Å². The minimum absolute atomic E-state index is 0.121. The lowest BCUT2D eigenvalue weighted by molar-refractivity contribution is -0.144. The van der Waals surface area contributed by atoms with E-state index in [1.54, 1.807) is 6.08 Å². The summed E-state index contributed by atoms with van der Waals surface area (Å²) in [4.78, 5) is 0. The van der Waals surface area contributed by atoms with Crippen molar-refractivity contribution in [1.82, 2.24) is 0 Å². The molecule has 0 saturated heterocycles. The van der Waals surface area contributed by atoms with E-state index in [2.05, 4.69) is 0 Å². The van der Waals surface area contributed by atoms with Crippen LogP contribution in [0.2, 0.25) is 0 Å². The second-order valence-corrected chi connectivity index (χ2v) is 19.3. The van der Waals surface area contributed by atoms with Gasteiger partial charge in [0.25, 0.3) is 0 Å². The Labute approximate surface area is 256 Å². The van der Waals surface area contributed by atoms with Crippen LogP contribution < -0.4 is 10.6 Å². The predicted octanol–water partition coefficient (Wildman–Crippen LogP) is 11.7. The van der Waals surface area contributed by atoms with Crippen LogP contribution in [0.25, 0.3) is 0 Å². The first-order valence-electron chi connectivity index (χ1n) is 13.6. The van der Waals surface area contributed by atoms with Crippen molar-refractivity contribution in [3.05, 3.63) is 82.2 Å². The lowest BCUT2D eigenvalue weighted by atomic mass is 10.1. The first-order chi connectivity index (χ1) is 20.0. The van der Waals surface area contributed by atoms with Gasteiger partial charge in [-0.1, -0.05) is 74.6 Å². The fourth-order valence-electron chi connectivity index (χ4n) is 6.09. The summed E-state index contributed by atoms with van der Waals surface area (Å²) in [7, 11) is -3.77. The third kappa shape index (κ3) is 8.65. The van der Waals surface area contributed by atoms with E-state index < -0.39 is 79.3 Å². The highest BCUT2D eigenvalue weighted by atomic mass is 31.1. The molecule has 14 heteroatoms. The Morgan fingerprint density at radius 1 is 0.533 bits per heavy atom. The minimum atomic E-state index is -5.29. The van der Waals surface area contributed by atoms with Crippen molar-refractivity contribution in [2.24, 2.45) is 5.92 Å². The Kier molecular flexibility index (Phi) is 10.1. The number of halogens is 12. The quantitative estimate of drug-likeness (QED) is 0.216. The molecule has 2 aromatic rings. The summed E-state index contributed by atoms with van der Waals surface area (Å²) in [5.74, 6) is -0.687. The summed E-state index contributed by atoms with van der Waals surface area (Å²) < 4.78 is 167. The molecule has 1 unspecified atom stereocenters. The maximum absolute atomic E-state index is 13.9. The van der Waals surface area contributed by atoms with E-state index in [-0.39, 0.29) is 33.4 Å². The molecular formula is C31H32F12P2. The van der Waals surface area contributed by atoms with Crippen molar-refractivity contribution in [1.29, 1.82) is 0 Å². The molecule has 45 heavy (non-hydrogen) atoms. The van der Waals surface area contributed by atoms with Gasteiger partial charge in [0.2, 0.25) is 0 Å². The standard InChI is InChI=1S/C31H32F12P2/c1-17(45(26(2,3)4)27(5,6)7)24-9-8-10-25(24)44(22-13-18(28(32,33)34)11-19(14-22)29(35,36)37)23-15-20(30(38,39)40)12-21(16-23)31(41,42)43/h8-17,24H,1-7H3/t17-,24?/m1/s1. The molecule has 0 heterocycles. The van der Waals surface area contributed by atoms with Crippen molar-refractivity contribution in [3.8, 4) is 0 Å². The van der Waals surface area contributed by atoms with Crippen LogP contribution in [0.4, 0.5) is 52.7 Å². The Morgan fingerprint density at radius 3 is 1.11 bits per heavy atom. The lowest BCUT2D eigenvalue weighted by Crippen LogP contribution is -2.34. The molecule has 0 fully saturated rings. The molecule has 0 N–H and O–H groups in total. The number of rotatable bonds is 5. The molecule has 0 amide bonds. The zero-order valence-electron chi connectivity index (χ0n) is 25.3. The largest absolute Gasteiger partial charge is 0.416 e. The number of alkyl halides is 12. The first kappa shape index (κ1) is 37.4. The van der Waals surface area contributed by atoms with Gasteiger partial charge in [0.05, 0.1) is 22.3 Å². The first-order valence-corrected chi connectivity index (χ1v) is 16.3. The van der Waals surface area contributed by atoms with Gasteiger partial charge in [0, 0.05) is 5.92 Å². The number of hydrogen-bond acceptors (Lipinski definition) is 0. The summed E-state index contributed by atoms with van der Waals surface area (Å²) in [5.41, 5.74) is -7.18. The monoisotopic (exact) mass is 694 g/mol. The molecule has 1 aliphatic carbocycles. The average Bonchev–Trinajstić information content (AvgIpc) is 3.29. The lowest BCUT2D eigenvalue weighted by Gasteiger charge is -2.48. The molecule has 2 atom stereocenters. The summed E-state index contributed by atoms with van der Waals surface area (Å²) in [6.07, 6.45) is -16.6. The van der Waals surface area contributed by atoms with Crippen LogP contribution >= 0.6 is 15.8 Å². The fraction of sp³-hybridized carbons (Fsp3) is 0.484. The topological polar surface area (TPSA) is 0 Å². The van der Waals surface area contributed by atoms with Crippen LogP contribution in [0.5, 0.6) is 0 Å². The SMILES string of the molecule is C[C@H](C1C=CC=C1P(c1cc(C(F)(F)F)cc(C(F)(F)F)c1)c1cc(C(F)(F)F)cc(C(F)(F)F)c1)P(C(C)(C)C)C(C)(C)C. The maximum Gasteiger partial charge on any atom is 0.416 e. The highest BCUT2D eigenvalue weighted by molar-refractivity contribution is 7.77. The van der Waals surface area contributed by atoms with Crippen LogP contribution in [0.3, 0.4) is 0 Å². The van der Waals surface area contributed by atoms with Gasteiger partial charge in [-0.2, -0.15) is 52.7 Å². The molecule has 0 bridgehead atoms. The molecule has 3 rings (SSSR count). The van der Waals surface area contributed by atoms with Gasteiger partial charge in [-0.05, 0) is 76.2 Å². The van der Waals surface area contributed by atoms with Gasteiger partial charge in [-0.15, -0.1) is 0 Å². The van der Waals surface area contributed by atoms with Crippen molar-refractivity contribution >= 4 is 26.5 Å². The third-order valence-electron chi connectivity index (χ3n) is 7.22. The summed E-state index contributed by atoms with van der Waals surface area (Å²) in [6, 6.07) is 1.34. The molecule has 0 saturated carbocycles. The molecule has 2 aromatic carbocycles. The fourth-order valence-corrected chi connectivity index (χ4v) is 14.1. The Balaban J connectivity index is 2.45. The Morgan fingerprint density at radius 2 is 0.844 bits per heavy atom. The van der Waals surface area contributed by atoms with E-state index >= 15 is 0 Å². The van der Waals surface area contributed by atoms with Gasteiger partial charge in [0.1, 0.15) is 0 Å². The van der Waals surface area contributed by atoms with Crippen LogP contribution in [0.15, 0.2) is 59.9 Å². The van der Waals surface area contributed by atoms with Crippen LogP contribution in [0.1, 0.15) is 70.7 Å². The highest BCUT2D eigenvalue weighted by Crippen LogP contribution is 2.67. The Bertz CT molecular complexity index is 1290. The molecule has 0 radical (unpaired) electrons. The number of benzene rings is 2. The minimum Gasteiger partial charge on any atom is -0.166 e. The van der Waals surface area contributed by atoms with Crippen molar-refractivity contribution < 1.29 is 52.7 Å². The van der Waals surface area contributed by atoms with Gasteiger partial charge < -0.3 is 0 Å². The Hall–Kier alpha value is -2.06. The molecular weight excluding hydrogens is 662 g/mol. The van der Waals surface area contributed by atoms with Gasteiger partial charge >= 0.3 is 24.7 Å². The molecule has 0 aromatic heterocycles. The summed E-state index contributed by atoms with van der Waals surface area (Å²) in [6.45, 7) is 13.7. The molecule has 0 nitrogen and oxygen atoms in total. The number of hydrogen-bond donors (Lipinski definition) is 0. The molecule has 1 aliphatic rings. The molecule has 0 spiro atoms. The maximum atomic E-state index is 13.9.